The molecule has 3 N–H and O–H groups in total. The Bertz CT molecular complexity index is 913. The average Bonchev–Trinajstić information content (AvgIpc) is 2.98. The van der Waals surface area contributed by atoms with Gasteiger partial charge in [-0.25, -0.2) is 0 Å². The molecule has 0 saturated heterocycles. The number of thiocarbonyl (C=S) groups is 1. The van der Waals surface area contributed by atoms with Crippen LogP contribution in [0.1, 0.15) is 17.4 Å². The molecular formula is C20H19N3S2. The molecule has 2 aromatic carbocycles. The van der Waals surface area contributed by atoms with E-state index < -0.39 is 0 Å². The lowest BCUT2D eigenvalue weighted by Crippen LogP contribution is -2.25. The SMILES string of the molecule is C/C(=N/NC(N)=S)c1sc(-c2ccccc2)c(-c2ccccc2)c1C. The number of benzene rings is 2. The number of nitrogens with two attached hydrogens (primary N) is 1. The van der Waals surface area contributed by atoms with Crippen LogP contribution in [0.4, 0.5) is 0 Å². The molecule has 0 aliphatic carbocycles. The van der Waals surface area contributed by atoms with Gasteiger partial charge in [-0.05, 0) is 42.8 Å². The van der Waals surface area contributed by atoms with Crippen molar-refractivity contribution in [3.8, 4) is 21.6 Å². The highest BCUT2D eigenvalue weighted by Crippen LogP contribution is 2.43. The van der Waals surface area contributed by atoms with Crippen LogP contribution in [-0.4, -0.2) is 10.8 Å². The van der Waals surface area contributed by atoms with E-state index in [9.17, 15) is 0 Å². The van der Waals surface area contributed by atoms with Crippen molar-refractivity contribution in [2.24, 2.45) is 10.8 Å². The molecule has 0 bridgehead atoms. The van der Waals surface area contributed by atoms with Gasteiger partial charge in [-0.1, -0.05) is 60.7 Å². The summed E-state index contributed by atoms with van der Waals surface area (Å²) in [5.74, 6) is 0. The summed E-state index contributed by atoms with van der Waals surface area (Å²) in [6.07, 6.45) is 0. The molecule has 0 amide bonds. The van der Waals surface area contributed by atoms with Gasteiger partial charge < -0.3 is 5.73 Å². The Kier molecular flexibility index (Phi) is 5.26. The standard InChI is InChI=1S/C20H19N3S2/c1-13-17(15-9-5-3-6-10-15)19(16-11-7-4-8-12-16)25-18(13)14(2)22-23-20(21)24/h3-12H,1-2H3,(H3,21,23,24)/b22-14-. The molecule has 0 saturated carbocycles. The highest BCUT2D eigenvalue weighted by Gasteiger charge is 2.19. The Morgan fingerprint density at radius 2 is 1.56 bits per heavy atom. The summed E-state index contributed by atoms with van der Waals surface area (Å²) in [7, 11) is 0. The van der Waals surface area contributed by atoms with Crippen LogP contribution in [0.5, 0.6) is 0 Å². The molecule has 0 unspecified atom stereocenters. The minimum absolute atomic E-state index is 0.167. The van der Waals surface area contributed by atoms with Gasteiger partial charge in [0.15, 0.2) is 5.11 Å². The predicted molar refractivity (Wildman–Crippen MR) is 112 cm³/mol. The van der Waals surface area contributed by atoms with Gasteiger partial charge in [0.2, 0.25) is 0 Å². The first kappa shape index (κ1) is 17.3. The molecule has 0 aliphatic heterocycles. The van der Waals surface area contributed by atoms with Gasteiger partial charge in [-0.15, -0.1) is 11.3 Å². The molecule has 0 atom stereocenters. The van der Waals surface area contributed by atoms with E-state index in [-0.39, 0.29) is 5.11 Å². The molecule has 0 radical (unpaired) electrons. The smallest absolute Gasteiger partial charge is 0.184 e. The molecule has 3 aromatic rings. The van der Waals surface area contributed by atoms with Gasteiger partial charge in [0.05, 0.1) is 10.6 Å². The summed E-state index contributed by atoms with van der Waals surface area (Å²) in [6, 6.07) is 20.9. The van der Waals surface area contributed by atoms with Crippen LogP contribution in [0, 0.1) is 6.92 Å². The predicted octanol–water partition coefficient (Wildman–Crippen LogP) is 4.95. The maximum Gasteiger partial charge on any atom is 0.184 e. The molecule has 0 fully saturated rings. The molecule has 5 heteroatoms. The van der Waals surface area contributed by atoms with Crippen LogP contribution in [0.15, 0.2) is 65.8 Å². The summed E-state index contributed by atoms with van der Waals surface area (Å²) >= 11 is 6.58. The lowest BCUT2D eigenvalue weighted by atomic mass is 9.97. The highest BCUT2D eigenvalue weighted by atomic mass is 32.1. The van der Waals surface area contributed by atoms with E-state index in [1.807, 2.05) is 19.1 Å². The first-order valence-corrected chi connectivity index (χ1v) is 9.14. The third kappa shape index (κ3) is 3.78. The summed E-state index contributed by atoms with van der Waals surface area (Å²) < 4.78 is 0. The fourth-order valence-corrected chi connectivity index (χ4v) is 4.12. The first-order chi connectivity index (χ1) is 12.1. The lowest BCUT2D eigenvalue weighted by Gasteiger charge is -2.06. The fraction of sp³-hybridized carbons (Fsp3) is 0.100. The molecular weight excluding hydrogens is 346 g/mol. The van der Waals surface area contributed by atoms with Gasteiger partial charge in [-0.2, -0.15) is 5.10 Å². The summed E-state index contributed by atoms with van der Waals surface area (Å²) in [4.78, 5) is 2.37. The summed E-state index contributed by atoms with van der Waals surface area (Å²) in [6.45, 7) is 4.11. The molecule has 3 nitrogen and oxygen atoms in total. The molecule has 1 aromatic heterocycles. The second-order valence-electron chi connectivity index (χ2n) is 5.67. The summed E-state index contributed by atoms with van der Waals surface area (Å²) in [5, 5.41) is 4.47. The van der Waals surface area contributed by atoms with Crippen molar-refractivity contribution < 1.29 is 0 Å². The minimum Gasteiger partial charge on any atom is -0.375 e. The van der Waals surface area contributed by atoms with Gasteiger partial charge in [-0.3, -0.25) is 5.43 Å². The zero-order chi connectivity index (χ0) is 17.8. The van der Waals surface area contributed by atoms with Gasteiger partial charge >= 0.3 is 0 Å². The Labute approximate surface area is 157 Å². The van der Waals surface area contributed by atoms with Crippen molar-refractivity contribution in [3.63, 3.8) is 0 Å². The molecule has 25 heavy (non-hydrogen) atoms. The van der Waals surface area contributed by atoms with E-state index in [1.54, 1.807) is 11.3 Å². The Hall–Kier alpha value is -2.50. The Morgan fingerprint density at radius 1 is 1.00 bits per heavy atom. The van der Waals surface area contributed by atoms with Crippen LogP contribution >= 0.6 is 23.6 Å². The van der Waals surface area contributed by atoms with Crippen LogP contribution in [0.2, 0.25) is 0 Å². The monoisotopic (exact) mass is 365 g/mol. The van der Waals surface area contributed by atoms with Gasteiger partial charge in [0.1, 0.15) is 0 Å². The van der Waals surface area contributed by atoms with E-state index in [4.69, 9.17) is 18.0 Å². The molecule has 3 rings (SSSR count). The number of nitrogens with one attached hydrogen (secondary N) is 1. The molecule has 0 aliphatic rings. The van der Waals surface area contributed by atoms with Crippen molar-refractivity contribution in [1.82, 2.24) is 5.43 Å². The van der Waals surface area contributed by atoms with Crippen molar-refractivity contribution in [2.75, 3.05) is 0 Å². The van der Waals surface area contributed by atoms with E-state index in [2.05, 4.69) is 66.0 Å². The highest BCUT2D eigenvalue weighted by molar-refractivity contribution is 7.80. The number of nitrogens with zero attached hydrogens (tertiary/aromatic N) is 1. The second-order valence-corrected chi connectivity index (χ2v) is 7.13. The number of rotatable bonds is 4. The van der Waals surface area contributed by atoms with Crippen LogP contribution < -0.4 is 11.2 Å². The largest absolute Gasteiger partial charge is 0.375 e. The van der Waals surface area contributed by atoms with Gasteiger partial charge in [0.25, 0.3) is 0 Å². The zero-order valence-electron chi connectivity index (χ0n) is 14.1. The third-order valence-corrected chi connectivity index (χ3v) is 5.45. The van der Waals surface area contributed by atoms with E-state index >= 15 is 0 Å². The topological polar surface area (TPSA) is 50.4 Å². The van der Waals surface area contributed by atoms with E-state index in [0.717, 1.165) is 10.6 Å². The Morgan fingerprint density at radius 3 is 2.12 bits per heavy atom. The number of hydrazone groups is 1. The second kappa shape index (κ2) is 7.59. The van der Waals surface area contributed by atoms with Crippen molar-refractivity contribution in [1.29, 1.82) is 0 Å². The van der Waals surface area contributed by atoms with Gasteiger partial charge in [0, 0.05) is 10.4 Å². The molecule has 0 spiro atoms. The number of hydrogen-bond acceptors (Lipinski definition) is 3. The number of thiophene rings is 1. The van der Waals surface area contributed by atoms with E-state index in [1.165, 1.54) is 27.1 Å². The van der Waals surface area contributed by atoms with E-state index in [0.29, 0.717) is 0 Å². The zero-order valence-corrected chi connectivity index (χ0v) is 15.7. The van der Waals surface area contributed by atoms with Crippen LogP contribution in [0.25, 0.3) is 21.6 Å². The average molecular weight is 366 g/mol. The van der Waals surface area contributed by atoms with Crippen LogP contribution in [-0.2, 0) is 0 Å². The fourth-order valence-electron chi connectivity index (χ4n) is 2.79. The van der Waals surface area contributed by atoms with Crippen molar-refractivity contribution >= 4 is 34.4 Å². The normalized spacial score (nSPS) is 11.4. The lowest BCUT2D eigenvalue weighted by molar-refractivity contribution is 1.03. The first-order valence-electron chi connectivity index (χ1n) is 7.92. The number of hydrogen-bond donors (Lipinski definition) is 2. The van der Waals surface area contributed by atoms with Crippen molar-refractivity contribution in [3.05, 3.63) is 71.1 Å². The quantitative estimate of drug-likeness (QED) is 0.391. The summed E-state index contributed by atoms with van der Waals surface area (Å²) in [5.41, 5.74) is 13.9. The molecule has 126 valence electrons. The van der Waals surface area contributed by atoms with Crippen LogP contribution in [0.3, 0.4) is 0 Å². The Balaban J connectivity index is 2.19. The third-order valence-electron chi connectivity index (χ3n) is 3.91. The maximum atomic E-state index is 5.49. The maximum absolute atomic E-state index is 5.49. The molecule has 1 heterocycles. The minimum atomic E-state index is 0.167. The van der Waals surface area contributed by atoms with Crippen molar-refractivity contribution in [2.45, 2.75) is 13.8 Å².